The molecule has 0 amide bonds. The van der Waals surface area contributed by atoms with Gasteiger partial charge in [-0.15, -0.1) is 0 Å². The lowest BCUT2D eigenvalue weighted by Gasteiger charge is -2.12. The Hall–Kier alpha value is -2.17. The van der Waals surface area contributed by atoms with Crippen molar-refractivity contribution in [2.75, 3.05) is 4.72 Å². The molecular weight excluding hydrogens is 317 g/mol. The Morgan fingerprint density at radius 2 is 2.14 bits per heavy atom. The lowest BCUT2D eigenvalue weighted by molar-refractivity contribution is 0.600. The van der Waals surface area contributed by atoms with Gasteiger partial charge in [0.05, 0.1) is 17.3 Å². The Labute approximate surface area is 126 Å². The zero-order chi connectivity index (χ0) is 15.6. The molecule has 2 aromatic rings. The summed E-state index contributed by atoms with van der Waals surface area (Å²) in [6.45, 7) is 1.40. The minimum atomic E-state index is -4.03. The minimum Gasteiger partial charge on any atom is -0.279 e. The molecule has 1 aromatic carbocycles. The molecule has 0 bridgehead atoms. The van der Waals surface area contributed by atoms with Crippen LogP contribution < -0.4 is 4.72 Å². The summed E-state index contributed by atoms with van der Waals surface area (Å²) in [6, 6.07) is 6.73. The van der Waals surface area contributed by atoms with Gasteiger partial charge < -0.3 is 0 Å². The second-order valence-electron chi connectivity index (χ2n) is 4.14. The monoisotopic (exact) mass is 325 g/mol. The summed E-state index contributed by atoms with van der Waals surface area (Å²) in [6.07, 6.45) is 1.35. The summed E-state index contributed by atoms with van der Waals surface area (Å²) in [7, 11) is -4.03. The van der Waals surface area contributed by atoms with Crippen LogP contribution in [0.25, 0.3) is 0 Å². The molecule has 0 atom stereocenters. The molecule has 1 heterocycles. The number of aromatic nitrogens is 1. The predicted molar refractivity (Wildman–Crippen MR) is 75.9 cm³/mol. The summed E-state index contributed by atoms with van der Waals surface area (Å²) in [4.78, 5) is 3.45. The Kier molecular flexibility index (Phi) is 4.11. The average Bonchev–Trinajstić information content (AvgIpc) is 2.43. The predicted octanol–water partition coefficient (Wildman–Crippen LogP) is 2.86. The van der Waals surface area contributed by atoms with Gasteiger partial charge >= 0.3 is 0 Å². The van der Waals surface area contributed by atoms with Crippen LogP contribution in [0, 0.1) is 24.1 Å². The number of anilines is 1. The highest BCUT2D eigenvalue weighted by Crippen LogP contribution is 2.25. The maximum Gasteiger partial charge on any atom is 0.264 e. The van der Waals surface area contributed by atoms with Gasteiger partial charge in [-0.2, -0.15) is 5.26 Å². The first kappa shape index (κ1) is 15.2. The second kappa shape index (κ2) is 5.68. The average molecular weight is 326 g/mol. The lowest BCUT2D eigenvalue weighted by Crippen LogP contribution is -2.15. The van der Waals surface area contributed by atoms with E-state index in [9.17, 15) is 12.8 Å². The molecule has 108 valence electrons. The maximum absolute atomic E-state index is 13.7. The molecule has 0 saturated carbocycles. The summed E-state index contributed by atoms with van der Waals surface area (Å²) in [5.41, 5.74) is 0.0668. The van der Waals surface area contributed by atoms with Crippen LogP contribution in [0.5, 0.6) is 0 Å². The smallest absolute Gasteiger partial charge is 0.264 e. The van der Waals surface area contributed by atoms with Crippen molar-refractivity contribution in [2.45, 2.75) is 11.8 Å². The fourth-order valence-corrected chi connectivity index (χ4v) is 3.19. The first-order chi connectivity index (χ1) is 9.85. The number of benzene rings is 1. The van der Waals surface area contributed by atoms with Crippen molar-refractivity contribution in [3.63, 3.8) is 0 Å². The van der Waals surface area contributed by atoms with Crippen LogP contribution in [-0.4, -0.2) is 13.4 Å². The third-order valence-electron chi connectivity index (χ3n) is 2.73. The molecular formula is C13H9ClFN3O2S. The van der Waals surface area contributed by atoms with Gasteiger partial charge in [0.1, 0.15) is 15.9 Å². The Morgan fingerprint density at radius 3 is 2.76 bits per heavy atom. The number of pyridine rings is 1. The minimum absolute atomic E-state index is 0.00748. The largest absolute Gasteiger partial charge is 0.279 e. The van der Waals surface area contributed by atoms with E-state index in [-0.39, 0.29) is 26.9 Å². The number of nitriles is 1. The SMILES string of the molecule is Cc1c(F)cc(C#N)cc1NS(=O)(=O)c1cccnc1Cl. The highest BCUT2D eigenvalue weighted by molar-refractivity contribution is 7.92. The van der Waals surface area contributed by atoms with Crippen LogP contribution in [0.1, 0.15) is 11.1 Å². The van der Waals surface area contributed by atoms with Crippen molar-refractivity contribution < 1.29 is 12.8 Å². The molecule has 8 heteroatoms. The maximum atomic E-state index is 13.7. The molecule has 0 radical (unpaired) electrons. The van der Waals surface area contributed by atoms with E-state index in [4.69, 9.17) is 16.9 Å². The number of halogens is 2. The van der Waals surface area contributed by atoms with Gasteiger partial charge in [-0.3, -0.25) is 4.72 Å². The van der Waals surface area contributed by atoms with Crippen molar-refractivity contribution in [3.8, 4) is 6.07 Å². The first-order valence-corrected chi connectivity index (χ1v) is 7.55. The molecule has 0 unspecified atom stereocenters. The Balaban J connectivity index is 2.50. The Morgan fingerprint density at radius 1 is 1.43 bits per heavy atom. The van der Waals surface area contributed by atoms with E-state index in [1.807, 2.05) is 0 Å². The summed E-state index contributed by atoms with van der Waals surface area (Å²) in [5.74, 6) is -0.677. The molecule has 0 fully saturated rings. The zero-order valence-corrected chi connectivity index (χ0v) is 12.3. The fraction of sp³-hybridized carbons (Fsp3) is 0.0769. The van der Waals surface area contributed by atoms with Crippen molar-refractivity contribution in [2.24, 2.45) is 0 Å². The molecule has 2 rings (SSSR count). The number of hydrogen-bond donors (Lipinski definition) is 1. The molecule has 0 aliphatic rings. The van der Waals surface area contributed by atoms with Crippen LogP contribution in [0.2, 0.25) is 5.15 Å². The van der Waals surface area contributed by atoms with Crippen molar-refractivity contribution >= 4 is 27.3 Å². The van der Waals surface area contributed by atoms with Crippen molar-refractivity contribution in [3.05, 3.63) is 52.6 Å². The lowest BCUT2D eigenvalue weighted by atomic mass is 10.1. The molecule has 0 spiro atoms. The highest BCUT2D eigenvalue weighted by Gasteiger charge is 2.20. The number of nitrogens with zero attached hydrogens (tertiary/aromatic N) is 2. The quantitative estimate of drug-likeness (QED) is 0.880. The summed E-state index contributed by atoms with van der Waals surface area (Å²) >= 11 is 5.75. The van der Waals surface area contributed by atoms with E-state index >= 15 is 0 Å². The number of rotatable bonds is 3. The second-order valence-corrected chi connectivity index (χ2v) is 6.15. The topological polar surface area (TPSA) is 82.9 Å². The summed E-state index contributed by atoms with van der Waals surface area (Å²) in [5, 5.41) is 8.62. The normalized spacial score (nSPS) is 11.0. The van der Waals surface area contributed by atoms with Gasteiger partial charge in [0.2, 0.25) is 0 Å². The number of hydrogen-bond acceptors (Lipinski definition) is 4. The first-order valence-electron chi connectivity index (χ1n) is 5.69. The standard InChI is InChI=1S/C13H9ClFN3O2S/c1-8-10(15)5-9(7-16)6-11(8)18-21(19,20)12-3-2-4-17-13(12)14/h2-6,18H,1H3. The van der Waals surface area contributed by atoms with Crippen LogP contribution in [0.4, 0.5) is 10.1 Å². The van der Waals surface area contributed by atoms with E-state index < -0.39 is 15.8 Å². The van der Waals surface area contributed by atoms with Gasteiger partial charge in [-0.25, -0.2) is 17.8 Å². The van der Waals surface area contributed by atoms with Crippen molar-refractivity contribution in [1.82, 2.24) is 4.98 Å². The van der Waals surface area contributed by atoms with E-state index in [1.54, 1.807) is 6.07 Å². The van der Waals surface area contributed by atoms with Gasteiger partial charge in [0.25, 0.3) is 10.0 Å². The van der Waals surface area contributed by atoms with Gasteiger partial charge in [-0.1, -0.05) is 11.6 Å². The number of sulfonamides is 1. The highest BCUT2D eigenvalue weighted by atomic mass is 35.5. The van der Waals surface area contributed by atoms with Crippen LogP contribution in [0.3, 0.4) is 0 Å². The number of nitrogens with one attached hydrogen (secondary N) is 1. The molecule has 21 heavy (non-hydrogen) atoms. The van der Waals surface area contributed by atoms with Crippen LogP contribution in [-0.2, 0) is 10.0 Å². The molecule has 0 aliphatic carbocycles. The third kappa shape index (κ3) is 3.12. The summed E-state index contributed by atoms with van der Waals surface area (Å²) < 4.78 is 40.4. The Bertz CT molecular complexity index is 847. The fourth-order valence-electron chi connectivity index (χ4n) is 1.62. The molecule has 0 aliphatic heterocycles. The van der Waals surface area contributed by atoms with E-state index in [0.717, 1.165) is 6.07 Å². The van der Waals surface area contributed by atoms with E-state index in [1.165, 1.54) is 31.3 Å². The molecule has 5 nitrogen and oxygen atoms in total. The van der Waals surface area contributed by atoms with Crippen molar-refractivity contribution in [1.29, 1.82) is 5.26 Å². The van der Waals surface area contributed by atoms with Gasteiger partial charge in [0.15, 0.2) is 0 Å². The van der Waals surface area contributed by atoms with Gasteiger partial charge in [0, 0.05) is 11.8 Å². The van der Waals surface area contributed by atoms with E-state index in [0.29, 0.717) is 0 Å². The van der Waals surface area contributed by atoms with Crippen LogP contribution >= 0.6 is 11.6 Å². The molecule has 1 aromatic heterocycles. The van der Waals surface area contributed by atoms with Crippen LogP contribution in [0.15, 0.2) is 35.4 Å². The third-order valence-corrected chi connectivity index (χ3v) is 4.54. The zero-order valence-electron chi connectivity index (χ0n) is 10.8. The molecule has 0 saturated heterocycles. The van der Waals surface area contributed by atoms with E-state index in [2.05, 4.69) is 9.71 Å². The van der Waals surface area contributed by atoms with Gasteiger partial charge in [-0.05, 0) is 31.2 Å². The molecule has 1 N–H and O–H groups in total.